The summed E-state index contributed by atoms with van der Waals surface area (Å²) in [6.07, 6.45) is 1.50. The Labute approximate surface area is 167 Å². The standard InChI is InChI=1S/C23H15ClO4/c24-17-9-10-21-19(13-17)22(25)20(23(26)28-21)12-16-7-4-8-18(11-16)27-14-15-5-2-1-3-6-15/h1-13H,14H2/b20-12-. The van der Waals surface area contributed by atoms with Crippen molar-refractivity contribution in [1.29, 1.82) is 0 Å². The number of rotatable bonds is 4. The highest BCUT2D eigenvalue weighted by Gasteiger charge is 2.30. The fourth-order valence-electron chi connectivity index (χ4n) is 2.89. The van der Waals surface area contributed by atoms with Crippen LogP contribution < -0.4 is 9.47 Å². The summed E-state index contributed by atoms with van der Waals surface area (Å²) in [5.41, 5.74) is 1.94. The maximum atomic E-state index is 12.7. The molecule has 0 aromatic heterocycles. The van der Waals surface area contributed by atoms with E-state index in [-0.39, 0.29) is 16.9 Å². The molecule has 0 spiro atoms. The Morgan fingerprint density at radius 2 is 1.75 bits per heavy atom. The topological polar surface area (TPSA) is 52.6 Å². The second-order valence-electron chi connectivity index (χ2n) is 6.26. The largest absolute Gasteiger partial charge is 0.489 e. The molecular weight excluding hydrogens is 376 g/mol. The zero-order valence-electron chi connectivity index (χ0n) is 14.7. The maximum Gasteiger partial charge on any atom is 0.347 e. The first-order valence-corrected chi connectivity index (χ1v) is 9.03. The van der Waals surface area contributed by atoms with Gasteiger partial charge in [0, 0.05) is 5.02 Å². The van der Waals surface area contributed by atoms with Crippen LogP contribution in [0.1, 0.15) is 21.5 Å². The molecule has 0 saturated carbocycles. The van der Waals surface area contributed by atoms with E-state index in [9.17, 15) is 9.59 Å². The molecule has 138 valence electrons. The minimum absolute atomic E-state index is 0.0463. The molecule has 0 atom stereocenters. The third kappa shape index (κ3) is 3.82. The van der Waals surface area contributed by atoms with Gasteiger partial charge in [-0.05, 0) is 47.5 Å². The Kier molecular flexibility index (Phi) is 4.96. The van der Waals surface area contributed by atoms with Gasteiger partial charge in [-0.2, -0.15) is 0 Å². The van der Waals surface area contributed by atoms with Crippen LogP contribution in [0.15, 0.2) is 78.4 Å². The summed E-state index contributed by atoms with van der Waals surface area (Å²) >= 11 is 5.96. The second-order valence-corrected chi connectivity index (χ2v) is 6.70. The van der Waals surface area contributed by atoms with E-state index in [1.165, 1.54) is 18.2 Å². The summed E-state index contributed by atoms with van der Waals surface area (Å²) in [7, 11) is 0. The number of Topliss-reactive ketones (excluding diaryl/α,β-unsaturated/α-hetero) is 1. The van der Waals surface area contributed by atoms with E-state index in [2.05, 4.69) is 0 Å². The normalized spacial score (nSPS) is 14.5. The number of fused-ring (bicyclic) bond motifs is 1. The van der Waals surface area contributed by atoms with Crippen LogP contribution in [0, 0.1) is 0 Å². The number of carbonyl (C=O) groups is 2. The molecule has 0 saturated heterocycles. The lowest BCUT2D eigenvalue weighted by molar-refractivity contribution is -0.130. The van der Waals surface area contributed by atoms with Crippen molar-refractivity contribution >= 4 is 29.4 Å². The number of halogens is 1. The van der Waals surface area contributed by atoms with Gasteiger partial charge in [-0.1, -0.05) is 54.1 Å². The van der Waals surface area contributed by atoms with E-state index in [0.29, 0.717) is 22.9 Å². The van der Waals surface area contributed by atoms with Gasteiger partial charge in [-0.3, -0.25) is 4.79 Å². The molecule has 0 N–H and O–H groups in total. The van der Waals surface area contributed by atoms with Gasteiger partial charge >= 0.3 is 5.97 Å². The summed E-state index contributed by atoms with van der Waals surface area (Å²) in [4.78, 5) is 25.0. The monoisotopic (exact) mass is 390 g/mol. The summed E-state index contributed by atoms with van der Waals surface area (Å²) in [5, 5.41) is 0.403. The van der Waals surface area contributed by atoms with Gasteiger partial charge in [0.1, 0.15) is 23.7 Å². The molecule has 3 aromatic carbocycles. The number of hydrogen-bond acceptors (Lipinski definition) is 4. The summed E-state index contributed by atoms with van der Waals surface area (Å²) in [5.74, 6) is -0.241. The van der Waals surface area contributed by atoms with Gasteiger partial charge in [0.2, 0.25) is 5.78 Å². The molecule has 0 bridgehead atoms. The van der Waals surface area contributed by atoms with Crippen LogP contribution in [0.2, 0.25) is 5.02 Å². The first-order chi connectivity index (χ1) is 13.6. The Morgan fingerprint density at radius 3 is 2.57 bits per heavy atom. The fraction of sp³-hybridized carbons (Fsp3) is 0.0435. The van der Waals surface area contributed by atoms with E-state index in [4.69, 9.17) is 21.1 Å². The Balaban J connectivity index is 1.58. The van der Waals surface area contributed by atoms with E-state index >= 15 is 0 Å². The SMILES string of the molecule is O=C1Oc2ccc(Cl)cc2C(=O)/C1=C/c1cccc(OCc2ccccc2)c1. The number of benzene rings is 3. The van der Waals surface area contributed by atoms with Gasteiger partial charge < -0.3 is 9.47 Å². The molecule has 0 unspecified atom stereocenters. The van der Waals surface area contributed by atoms with Crippen LogP contribution in [0.3, 0.4) is 0 Å². The smallest absolute Gasteiger partial charge is 0.347 e. The predicted molar refractivity (Wildman–Crippen MR) is 107 cm³/mol. The molecule has 0 aliphatic carbocycles. The van der Waals surface area contributed by atoms with Crippen molar-refractivity contribution in [3.63, 3.8) is 0 Å². The summed E-state index contributed by atoms with van der Waals surface area (Å²) < 4.78 is 11.1. The van der Waals surface area contributed by atoms with Crippen LogP contribution in [-0.2, 0) is 11.4 Å². The van der Waals surface area contributed by atoms with Crippen LogP contribution >= 0.6 is 11.6 Å². The molecule has 0 amide bonds. The van der Waals surface area contributed by atoms with Crippen molar-refractivity contribution in [2.45, 2.75) is 6.61 Å². The van der Waals surface area contributed by atoms with Crippen molar-refractivity contribution in [3.8, 4) is 11.5 Å². The molecule has 1 heterocycles. The lowest BCUT2D eigenvalue weighted by atomic mass is 9.98. The second kappa shape index (κ2) is 7.71. The van der Waals surface area contributed by atoms with Gasteiger partial charge in [0.15, 0.2) is 0 Å². The molecule has 28 heavy (non-hydrogen) atoms. The van der Waals surface area contributed by atoms with E-state index < -0.39 is 11.8 Å². The minimum atomic E-state index is -0.685. The number of hydrogen-bond donors (Lipinski definition) is 0. The zero-order chi connectivity index (χ0) is 19.5. The Hall–Kier alpha value is -3.37. The average Bonchev–Trinajstić information content (AvgIpc) is 2.71. The first kappa shape index (κ1) is 18.0. The number of ketones is 1. The number of carbonyl (C=O) groups excluding carboxylic acids is 2. The van der Waals surface area contributed by atoms with E-state index in [1.54, 1.807) is 24.3 Å². The van der Waals surface area contributed by atoms with Crippen LogP contribution in [-0.4, -0.2) is 11.8 Å². The first-order valence-electron chi connectivity index (χ1n) is 8.65. The molecule has 1 aliphatic rings. The molecule has 4 rings (SSSR count). The van der Waals surface area contributed by atoms with Crippen molar-refractivity contribution in [2.24, 2.45) is 0 Å². The Bertz CT molecular complexity index is 1090. The maximum absolute atomic E-state index is 12.7. The van der Waals surface area contributed by atoms with E-state index in [0.717, 1.165) is 5.56 Å². The van der Waals surface area contributed by atoms with Crippen molar-refractivity contribution in [1.82, 2.24) is 0 Å². The third-order valence-electron chi connectivity index (χ3n) is 4.27. The van der Waals surface area contributed by atoms with Crippen LogP contribution in [0.4, 0.5) is 0 Å². The fourth-order valence-corrected chi connectivity index (χ4v) is 3.06. The van der Waals surface area contributed by atoms with Gasteiger partial charge in [-0.15, -0.1) is 0 Å². The number of esters is 1. The molecular formula is C23H15ClO4. The third-order valence-corrected chi connectivity index (χ3v) is 4.51. The molecule has 1 aliphatic heterocycles. The molecule has 3 aromatic rings. The minimum Gasteiger partial charge on any atom is -0.489 e. The highest BCUT2D eigenvalue weighted by molar-refractivity contribution is 6.33. The van der Waals surface area contributed by atoms with Gasteiger partial charge in [0.05, 0.1) is 5.56 Å². The predicted octanol–water partition coefficient (Wildman–Crippen LogP) is 5.10. The molecule has 0 fully saturated rings. The van der Waals surface area contributed by atoms with Gasteiger partial charge in [0.25, 0.3) is 0 Å². The average molecular weight is 391 g/mol. The molecule has 0 radical (unpaired) electrons. The quantitative estimate of drug-likeness (QED) is 0.269. The lowest BCUT2D eigenvalue weighted by Gasteiger charge is -2.17. The van der Waals surface area contributed by atoms with Crippen molar-refractivity contribution in [3.05, 3.63) is 100 Å². The van der Waals surface area contributed by atoms with Crippen molar-refractivity contribution < 1.29 is 19.1 Å². The highest BCUT2D eigenvalue weighted by Crippen LogP contribution is 2.31. The zero-order valence-corrected chi connectivity index (χ0v) is 15.5. The summed E-state index contributed by atoms with van der Waals surface area (Å²) in [6.45, 7) is 0.424. The van der Waals surface area contributed by atoms with E-state index in [1.807, 2.05) is 36.4 Å². The highest BCUT2D eigenvalue weighted by atomic mass is 35.5. The molecule has 4 nitrogen and oxygen atoms in total. The summed E-state index contributed by atoms with van der Waals surface area (Å²) in [6, 6.07) is 21.6. The van der Waals surface area contributed by atoms with Crippen molar-refractivity contribution in [2.75, 3.05) is 0 Å². The molecule has 5 heteroatoms. The van der Waals surface area contributed by atoms with Crippen LogP contribution in [0.25, 0.3) is 6.08 Å². The lowest BCUT2D eigenvalue weighted by Crippen LogP contribution is -2.25. The van der Waals surface area contributed by atoms with Crippen LogP contribution in [0.5, 0.6) is 11.5 Å². The number of ether oxygens (including phenoxy) is 2. The Morgan fingerprint density at radius 1 is 0.929 bits per heavy atom. The van der Waals surface area contributed by atoms with Gasteiger partial charge in [-0.25, -0.2) is 4.79 Å².